The molecule has 1 amide bonds. The van der Waals surface area contributed by atoms with Gasteiger partial charge in [0.25, 0.3) is 0 Å². The predicted octanol–water partition coefficient (Wildman–Crippen LogP) is 3.94. The Bertz CT molecular complexity index is 986. The van der Waals surface area contributed by atoms with Gasteiger partial charge in [0, 0.05) is 18.0 Å². The highest BCUT2D eigenvalue weighted by Gasteiger charge is 2.25. The molecule has 0 spiro atoms. The minimum Gasteiger partial charge on any atom is -0.497 e. The summed E-state index contributed by atoms with van der Waals surface area (Å²) in [5, 5.41) is 10.5. The molecular weight excluding hydrogens is 406 g/mol. The Morgan fingerprint density at radius 2 is 1.66 bits per heavy atom. The van der Waals surface area contributed by atoms with Gasteiger partial charge in [0.1, 0.15) is 5.75 Å². The first kappa shape index (κ1) is 23.4. The Morgan fingerprint density at radius 1 is 1.00 bits per heavy atom. The van der Waals surface area contributed by atoms with Crippen molar-refractivity contribution in [2.24, 2.45) is 11.8 Å². The van der Waals surface area contributed by atoms with Gasteiger partial charge in [-0.1, -0.05) is 45.0 Å². The van der Waals surface area contributed by atoms with Gasteiger partial charge in [-0.05, 0) is 41.7 Å². The largest absolute Gasteiger partial charge is 0.497 e. The Kier molecular flexibility index (Phi) is 7.94. The van der Waals surface area contributed by atoms with E-state index in [-0.39, 0.29) is 36.4 Å². The Morgan fingerprint density at radius 3 is 2.25 bits per heavy atom. The number of carbonyl (C=O) groups excluding carboxylic acids is 1. The molecular formula is C24H31N5O3. The highest BCUT2D eigenvalue weighted by molar-refractivity contribution is 5.78. The number of ether oxygens (including phenoxy) is 1. The molecule has 0 unspecified atom stereocenters. The Labute approximate surface area is 188 Å². The van der Waals surface area contributed by atoms with Crippen molar-refractivity contribution in [2.45, 2.75) is 39.8 Å². The summed E-state index contributed by atoms with van der Waals surface area (Å²) in [6.45, 7) is 8.38. The monoisotopic (exact) mass is 437 g/mol. The summed E-state index contributed by atoms with van der Waals surface area (Å²) < 4.78 is 10.7. The molecule has 170 valence electrons. The molecule has 0 aliphatic heterocycles. The fraction of sp³-hybridized carbons (Fsp3) is 0.417. The second-order valence-corrected chi connectivity index (χ2v) is 8.36. The van der Waals surface area contributed by atoms with Crippen LogP contribution >= 0.6 is 0 Å². The van der Waals surface area contributed by atoms with E-state index in [1.165, 1.54) is 0 Å². The van der Waals surface area contributed by atoms with Crippen LogP contribution in [0.15, 0.2) is 53.3 Å². The van der Waals surface area contributed by atoms with Gasteiger partial charge in [-0.15, -0.1) is 0 Å². The standard InChI is InChI=1S/C24H31N5O3/c1-15(2)21(17-6-8-19(31-5)9-7-17)27-20(30)14-26-22(16(3)4)24-28-23(29-32-24)18-10-12-25-13-11-18/h6-13,15-16,21-22,26H,14H2,1-5H3,(H,27,30)/t21-,22+/m0/s1. The van der Waals surface area contributed by atoms with Crippen LogP contribution in [0, 0.1) is 11.8 Å². The van der Waals surface area contributed by atoms with Crippen molar-refractivity contribution in [3.63, 3.8) is 0 Å². The average Bonchev–Trinajstić information content (AvgIpc) is 3.28. The molecule has 2 heterocycles. The molecule has 0 aliphatic rings. The maximum absolute atomic E-state index is 12.8. The molecule has 8 nitrogen and oxygen atoms in total. The number of aromatic nitrogens is 3. The quantitative estimate of drug-likeness (QED) is 0.495. The minimum atomic E-state index is -0.248. The molecule has 32 heavy (non-hydrogen) atoms. The summed E-state index contributed by atoms with van der Waals surface area (Å²) in [6, 6.07) is 11.1. The molecule has 0 radical (unpaired) electrons. The number of pyridine rings is 1. The van der Waals surface area contributed by atoms with E-state index in [0.717, 1.165) is 16.9 Å². The van der Waals surface area contributed by atoms with E-state index in [0.29, 0.717) is 11.7 Å². The number of methoxy groups -OCH3 is 1. The van der Waals surface area contributed by atoms with Crippen molar-refractivity contribution >= 4 is 5.91 Å². The van der Waals surface area contributed by atoms with E-state index < -0.39 is 0 Å². The minimum absolute atomic E-state index is 0.0981. The lowest BCUT2D eigenvalue weighted by molar-refractivity contribution is -0.121. The number of amides is 1. The van der Waals surface area contributed by atoms with Gasteiger partial charge in [-0.2, -0.15) is 4.98 Å². The summed E-state index contributed by atoms with van der Waals surface area (Å²) >= 11 is 0. The first-order chi connectivity index (χ1) is 15.4. The second-order valence-electron chi connectivity index (χ2n) is 8.36. The van der Waals surface area contributed by atoms with Crippen LogP contribution in [0.5, 0.6) is 5.75 Å². The fourth-order valence-electron chi connectivity index (χ4n) is 3.46. The van der Waals surface area contributed by atoms with Gasteiger partial charge < -0.3 is 14.6 Å². The SMILES string of the molecule is COc1ccc([C@@H](NC(=O)CN[C@@H](c2nc(-c3ccncc3)no2)C(C)C)C(C)C)cc1. The topological polar surface area (TPSA) is 102 Å². The summed E-state index contributed by atoms with van der Waals surface area (Å²) in [6.07, 6.45) is 3.36. The van der Waals surface area contributed by atoms with E-state index in [1.54, 1.807) is 19.5 Å². The van der Waals surface area contributed by atoms with Crippen molar-refractivity contribution in [2.75, 3.05) is 13.7 Å². The van der Waals surface area contributed by atoms with Crippen molar-refractivity contribution in [1.82, 2.24) is 25.8 Å². The molecule has 0 saturated carbocycles. The van der Waals surface area contributed by atoms with Crippen molar-refractivity contribution < 1.29 is 14.1 Å². The van der Waals surface area contributed by atoms with Crippen LogP contribution in [0.4, 0.5) is 0 Å². The van der Waals surface area contributed by atoms with E-state index in [4.69, 9.17) is 9.26 Å². The molecule has 0 fully saturated rings. The van der Waals surface area contributed by atoms with Gasteiger partial charge in [0.2, 0.25) is 17.6 Å². The van der Waals surface area contributed by atoms with Crippen LogP contribution in [-0.2, 0) is 4.79 Å². The Hall–Kier alpha value is -3.26. The molecule has 3 aromatic rings. The predicted molar refractivity (Wildman–Crippen MR) is 122 cm³/mol. The van der Waals surface area contributed by atoms with Crippen LogP contribution < -0.4 is 15.4 Å². The smallest absolute Gasteiger partial charge is 0.244 e. The normalized spacial score (nSPS) is 13.2. The maximum Gasteiger partial charge on any atom is 0.244 e. The fourth-order valence-corrected chi connectivity index (χ4v) is 3.46. The van der Waals surface area contributed by atoms with Crippen LogP contribution in [0.1, 0.15) is 51.2 Å². The first-order valence-electron chi connectivity index (χ1n) is 10.8. The van der Waals surface area contributed by atoms with Gasteiger partial charge in [0.05, 0.1) is 25.7 Å². The highest BCUT2D eigenvalue weighted by Crippen LogP contribution is 2.25. The van der Waals surface area contributed by atoms with E-state index in [2.05, 4.69) is 39.6 Å². The maximum atomic E-state index is 12.8. The number of nitrogens with zero attached hydrogens (tertiary/aromatic N) is 3. The van der Waals surface area contributed by atoms with Crippen molar-refractivity contribution in [3.05, 3.63) is 60.2 Å². The van der Waals surface area contributed by atoms with Crippen LogP contribution in [-0.4, -0.2) is 34.7 Å². The number of carbonyl (C=O) groups is 1. The van der Waals surface area contributed by atoms with E-state index in [1.807, 2.05) is 50.2 Å². The average molecular weight is 438 g/mol. The van der Waals surface area contributed by atoms with Crippen LogP contribution in [0.2, 0.25) is 0 Å². The van der Waals surface area contributed by atoms with Crippen molar-refractivity contribution in [1.29, 1.82) is 0 Å². The summed E-state index contributed by atoms with van der Waals surface area (Å²) in [4.78, 5) is 21.3. The van der Waals surface area contributed by atoms with E-state index >= 15 is 0 Å². The second kappa shape index (κ2) is 10.9. The Balaban J connectivity index is 1.64. The summed E-state index contributed by atoms with van der Waals surface area (Å²) in [5.41, 5.74) is 1.86. The third kappa shape index (κ3) is 5.91. The molecule has 3 rings (SSSR count). The number of nitrogens with one attached hydrogen (secondary N) is 2. The molecule has 8 heteroatoms. The van der Waals surface area contributed by atoms with Gasteiger partial charge in [-0.25, -0.2) is 0 Å². The van der Waals surface area contributed by atoms with Gasteiger partial charge >= 0.3 is 0 Å². The molecule has 2 N–H and O–H groups in total. The number of benzene rings is 1. The number of hydrogen-bond donors (Lipinski definition) is 2. The molecule has 0 bridgehead atoms. The molecule has 0 saturated heterocycles. The number of rotatable bonds is 10. The van der Waals surface area contributed by atoms with Gasteiger partial charge in [-0.3, -0.25) is 15.1 Å². The zero-order valence-corrected chi connectivity index (χ0v) is 19.2. The lowest BCUT2D eigenvalue weighted by atomic mass is 9.96. The highest BCUT2D eigenvalue weighted by atomic mass is 16.5. The third-order valence-corrected chi connectivity index (χ3v) is 5.25. The van der Waals surface area contributed by atoms with Crippen molar-refractivity contribution in [3.8, 4) is 17.1 Å². The lowest BCUT2D eigenvalue weighted by Crippen LogP contribution is -2.40. The zero-order chi connectivity index (χ0) is 23.1. The van der Waals surface area contributed by atoms with E-state index in [9.17, 15) is 4.79 Å². The van der Waals surface area contributed by atoms with Crippen LogP contribution in [0.3, 0.4) is 0 Å². The first-order valence-corrected chi connectivity index (χ1v) is 10.8. The zero-order valence-electron chi connectivity index (χ0n) is 19.2. The molecule has 2 aromatic heterocycles. The molecule has 0 aliphatic carbocycles. The molecule has 1 aromatic carbocycles. The van der Waals surface area contributed by atoms with Crippen LogP contribution in [0.25, 0.3) is 11.4 Å². The number of hydrogen-bond acceptors (Lipinski definition) is 7. The molecule has 2 atom stereocenters. The van der Waals surface area contributed by atoms with Gasteiger partial charge in [0.15, 0.2) is 0 Å². The summed E-state index contributed by atoms with van der Waals surface area (Å²) in [7, 11) is 1.64. The lowest BCUT2D eigenvalue weighted by Gasteiger charge is -2.24. The summed E-state index contributed by atoms with van der Waals surface area (Å²) in [5.74, 6) is 2.02. The third-order valence-electron chi connectivity index (χ3n) is 5.25.